The standard InChI is InChI=1S/C16H19ClN8O2/c1-10-12(17)6-21-25(10)9-14(26)22-13-7-20-24(3)15(13)16(27)18-4-11-5-19-23(2)8-11/h5-8H,4,9H2,1-3H3,(H,18,27)(H,22,26). The number of amides is 2. The van der Waals surface area contributed by atoms with E-state index in [9.17, 15) is 9.59 Å². The third-order valence-electron chi connectivity index (χ3n) is 3.98. The first kappa shape index (κ1) is 18.6. The van der Waals surface area contributed by atoms with E-state index in [1.54, 1.807) is 31.9 Å². The van der Waals surface area contributed by atoms with E-state index in [0.717, 1.165) is 5.56 Å². The molecule has 0 fully saturated rings. The molecule has 3 aromatic rings. The minimum atomic E-state index is -0.354. The van der Waals surface area contributed by atoms with Crippen LogP contribution in [0.4, 0.5) is 5.69 Å². The zero-order chi connectivity index (χ0) is 19.6. The predicted molar refractivity (Wildman–Crippen MR) is 98.2 cm³/mol. The van der Waals surface area contributed by atoms with Gasteiger partial charge in [0.1, 0.15) is 12.2 Å². The Morgan fingerprint density at radius 3 is 2.56 bits per heavy atom. The predicted octanol–water partition coefficient (Wildman–Crippen LogP) is 0.881. The van der Waals surface area contributed by atoms with Crippen molar-refractivity contribution in [1.29, 1.82) is 0 Å². The number of aromatic nitrogens is 6. The minimum absolute atomic E-state index is 0.0236. The molecule has 0 aliphatic rings. The van der Waals surface area contributed by atoms with Crippen LogP contribution in [0.5, 0.6) is 0 Å². The molecule has 0 aromatic carbocycles. The molecule has 3 rings (SSSR count). The van der Waals surface area contributed by atoms with Gasteiger partial charge in [-0.15, -0.1) is 0 Å². The molecule has 27 heavy (non-hydrogen) atoms. The number of hydrogen-bond donors (Lipinski definition) is 2. The number of rotatable bonds is 6. The van der Waals surface area contributed by atoms with Gasteiger partial charge in [0.15, 0.2) is 0 Å². The summed E-state index contributed by atoms with van der Waals surface area (Å²) in [7, 11) is 3.43. The highest BCUT2D eigenvalue weighted by Crippen LogP contribution is 2.16. The molecule has 0 aliphatic heterocycles. The SMILES string of the molecule is Cc1c(Cl)cnn1CC(=O)Nc1cnn(C)c1C(=O)NCc1cnn(C)c1. The van der Waals surface area contributed by atoms with Crippen LogP contribution in [0.25, 0.3) is 0 Å². The van der Waals surface area contributed by atoms with Crippen LogP contribution in [0.2, 0.25) is 5.02 Å². The zero-order valence-electron chi connectivity index (χ0n) is 15.1. The van der Waals surface area contributed by atoms with Crippen molar-refractivity contribution in [3.8, 4) is 0 Å². The molecule has 2 N–H and O–H groups in total. The topological polar surface area (TPSA) is 112 Å². The van der Waals surface area contributed by atoms with Crippen LogP contribution in [-0.2, 0) is 32.0 Å². The van der Waals surface area contributed by atoms with Crippen molar-refractivity contribution < 1.29 is 9.59 Å². The second-order valence-corrected chi connectivity index (χ2v) is 6.43. The Balaban J connectivity index is 1.67. The van der Waals surface area contributed by atoms with Crippen molar-refractivity contribution in [2.24, 2.45) is 14.1 Å². The third kappa shape index (κ3) is 4.17. The van der Waals surface area contributed by atoms with E-state index in [-0.39, 0.29) is 24.1 Å². The molecule has 11 heteroatoms. The Morgan fingerprint density at radius 1 is 1.15 bits per heavy atom. The lowest BCUT2D eigenvalue weighted by molar-refractivity contribution is -0.116. The van der Waals surface area contributed by atoms with Crippen molar-refractivity contribution in [3.05, 3.63) is 46.8 Å². The molecule has 10 nitrogen and oxygen atoms in total. The third-order valence-corrected chi connectivity index (χ3v) is 4.35. The minimum Gasteiger partial charge on any atom is -0.346 e. The fraction of sp³-hybridized carbons (Fsp3) is 0.312. The van der Waals surface area contributed by atoms with Crippen LogP contribution in [0.15, 0.2) is 24.8 Å². The molecule has 0 saturated carbocycles. The molecule has 0 aliphatic carbocycles. The highest BCUT2D eigenvalue weighted by molar-refractivity contribution is 6.31. The van der Waals surface area contributed by atoms with E-state index in [1.165, 1.54) is 21.8 Å². The molecular formula is C16H19ClN8O2. The zero-order valence-corrected chi connectivity index (χ0v) is 15.9. The number of aryl methyl sites for hydroxylation is 2. The quantitative estimate of drug-likeness (QED) is 0.649. The van der Waals surface area contributed by atoms with Crippen molar-refractivity contribution in [2.75, 3.05) is 5.32 Å². The van der Waals surface area contributed by atoms with Gasteiger partial charge in [-0.05, 0) is 6.92 Å². The molecule has 0 spiro atoms. The number of halogens is 1. The molecule has 0 atom stereocenters. The summed E-state index contributed by atoms with van der Waals surface area (Å²) in [6.45, 7) is 2.06. The summed E-state index contributed by atoms with van der Waals surface area (Å²) >= 11 is 5.94. The van der Waals surface area contributed by atoms with Crippen molar-refractivity contribution in [1.82, 2.24) is 34.7 Å². The molecule has 0 bridgehead atoms. The van der Waals surface area contributed by atoms with E-state index < -0.39 is 0 Å². The van der Waals surface area contributed by atoms with Crippen LogP contribution in [0.3, 0.4) is 0 Å². The molecule has 0 radical (unpaired) electrons. The fourth-order valence-electron chi connectivity index (χ4n) is 2.54. The van der Waals surface area contributed by atoms with Crippen LogP contribution in [0, 0.1) is 6.92 Å². The molecular weight excluding hydrogens is 372 g/mol. The van der Waals surface area contributed by atoms with Gasteiger partial charge >= 0.3 is 0 Å². The van der Waals surface area contributed by atoms with Gasteiger partial charge in [0.25, 0.3) is 5.91 Å². The van der Waals surface area contributed by atoms with Crippen LogP contribution >= 0.6 is 11.6 Å². The first-order chi connectivity index (χ1) is 12.8. The van der Waals surface area contributed by atoms with Crippen LogP contribution < -0.4 is 10.6 Å². The normalized spacial score (nSPS) is 10.8. The highest BCUT2D eigenvalue weighted by Gasteiger charge is 2.19. The Bertz CT molecular complexity index is 987. The van der Waals surface area contributed by atoms with Gasteiger partial charge in [0, 0.05) is 32.4 Å². The summed E-state index contributed by atoms with van der Waals surface area (Å²) in [5.41, 5.74) is 2.13. The second-order valence-electron chi connectivity index (χ2n) is 6.02. The number of hydrogen-bond acceptors (Lipinski definition) is 5. The number of nitrogens with one attached hydrogen (secondary N) is 2. The van der Waals surface area contributed by atoms with Crippen molar-refractivity contribution in [3.63, 3.8) is 0 Å². The molecule has 2 amide bonds. The average Bonchev–Trinajstić information content (AvgIpc) is 3.29. The van der Waals surface area contributed by atoms with Gasteiger partial charge < -0.3 is 10.6 Å². The van der Waals surface area contributed by atoms with Crippen LogP contribution in [0.1, 0.15) is 21.7 Å². The van der Waals surface area contributed by atoms with E-state index in [2.05, 4.69) is 25.9 Å². The highest BCUT2D eigenvalue weighted by atomic mass is 35.5. The lowest BCUT2D eigenvalue weighted by Crippen LogP contribution is -2.27. The molecule has 3 heterocycles. The maximum absolute atomic E-state index is 12.5. The number of nitrogens with zero attached hydrogens (tertiary/aromatic N) is 6. The largest absolute Gasteiger partial charge is 0.346 e. The van der Waals surface area contributed by atoms with Gasteiger partial charge in [-0.25, -0.2) is 0 Å². The summed E-state index contributed by atoms with van der Waals surface area (Å²) in [4.78, 5) is 24.9. The van der Waals surface area contributed by atoms with Gasteiger partial charge in [0.05, 0.1) is 35.0 Å². The van der Waals surface area contributed by atoms with E-state index in [0.29, 0.717) is 22.9 Å². The Morgan fingerprint density at radius 2 is 1.93 bits per heavy atom. The van der Waals surface area contributed by atoms with Gasteiger partial charge in [-0.2, -0.15) is 15.3 Å². The molecule has 0 saturated heterocycles. The monoisotopic (exact) mass is 390 g/mol. The molecule has 3 aromatic heterocycles. The summed E-state index contributed by atoms with van der Waals surface area (Å²) in [6, 6.07) is 0. The maximum Gasteiger partial charge on any atom is 0.271 e. The Labute approximate surface area is 160 Å². The lowest BCUT2D eigenvalue weighted by Gasteiger charge is -2.09. The second kappa shape index (κ2) is 7.62. The van der Waals surface area contributed by atoms with Gasteiger partial charge in [-0.3, -0.25) is 23.6 Å². The summed E-state index contributed by atoms with van der Waals surface area (Å²) in [5.74, 6) is -0.695. The van der Waals surface area contributed by atoms with E-state index >= 15 is 0 Å². The smallest absolute Gasteiger partial charge is 0.271 e. The summed E-state index contributed by atoms with van der Waals surface area (Å²) in [5, 5.41) is 18.1. The number of carbonyl (C=O) groups excluding carboxylic acids is 2. The van der Waals surface area contributed by atoms with Gasteiger partial charge in [-0.1, -0.05) is 11.6 Å². The molecule has 0 unspecified atom stereocenters. The van der Waals surface area contributed by atoms with Crippen molar-refractivity contribution >= 4 is 29.1 Å². The molecule has 142 valence electrons. The van der Waals surface area contributed by atoms with Crippen molar-refractivity contribution in [2.45, 2.75) is 20.0 Å². The summed E-state index contributed by atoms with van der Waals surface area (Å²) in [6.07, 6.45) is 6.39. The number of anilines is 1. The van der Waals surface area contributed by atoms with E-state index in [4.69, 9.17) is 11.6 Å². The Hall–Kier alpha value is -3.14. The lowest BCUT2D eigenvalue weighted by atomic mass is 10.3. The number of carbonyl (C=O) groups is 2. The first-order valence-corrected chi connectivity index (χ1v) is 8.48. The average molecular weight is 391 g/mol. The Kier molecular flexibility index (Phi) is 5.26. The summed E-state index contributed by atoms with van der Waals surface area (Å²) < 4.78 is 4.54. The van der Waals surface area contributed by atoms with Gasteiger partial charge in [0.2, 0.25) is 5.91 Å². The fourth-order valence-corrected chi connectivity index (χ4v) is 2.68. The first-order valence-electron chi connectivity index (χ1n) is 8.10. The van der Waals surface area contributed by atoms with Crippen LogP contribution in [-0.4, -0.2) is 41.2 Å². The maximum atomic E-state index is 12.5. The van der Waals surface area contributed by atoms with E-state index in [1.807, 2.05) is 6.20 Å².